The molecule has 0 spiro atoms. The number of carboxylic acids is 1. The molecule has 0 saturated carbocycles. The van der Waals surface area contributed by atoms with Gasteiger partial charge in [0.15, 0.2) is 29.8 Å². The van der Waals surface area contributed by atoms with E-state index in [1.165, 1.54) is 23.8 Å². The molecular formula is C23H24N7O6S2+. The Bertz CT molecular complexity index is 1510. The van der Waals surface area contributed by atoms with Crippen molar-refractivity contribution < 1.29 is 34.0 Å². The number of amides is 2. The van der Waals surface area contributed by atoms with Gasteiger partial charge < -0.3 is 30.5 Å². The molecule has 5 rings (SSSR count). The molecule has 38 heavy (non-hydrogen) atoms. The summed E-state index contributed by atoms with van der Waals surface area (Å²) in [6.07, 6.45) is 4.79. The molecule has 198 valence electrons. The Labute approximate surface area is 224 Å². The third-order valence-electron chi connectivity index (χ3n) is 6.19. The summed E-state index contributed by atoms with van der Waals surface area (Å²) in [5.41, 5.74) is 7.77. The highest BCUT2D eigenvalue weighted by Gasteiger charge is 2.54. The lowest BCUT2D eigenvalue weighted by molar-refractivity contribution is -0.688. The number of nitrogens with zero attached hydrogens (tertiary/aromatic N) is 5. The molecule has 13 nitrogen and oxygen atoms in total. The number of nitrogens with one attached hydrogen (secondary N) is 1. The zero-order chi connectivity index (χ0) is 27.1. The first kappa shape index (κ1) is 25.7. The van der Waals surface area contributed by atoms with Crippen molar-refractivity contribution in [1.82, 2.24) is 19.6 Å². The second-order valence-electron chi connectivity index (χ2n) is 8.64. The molecule has 1 unspecified atom stereocenters. The van der Waals surface area contributed by atoms with Crippen molar-refractivity contribution in [2.75, 3.05) is 18.6 Å². The highest BCUT2D eigenvalue weighted by atomic mass is 32.2. The maximum absolute atomic E-state index is 13.1. The number of thiazole rings is 1. The van der Waals surface area contributed by atoms with Crippen LogP contribution in [0, 0.1) is 0 Å². The number of carbonyl (C=O) groups excluding carboxylic acids is 2. The molecule has 0 aliphatic carbocycles. The van der Waals surface area contributed by atoms with Crippen LogP contribution in [0.15, 0.2) is 52.5 Å². The smallest absolute Gasteiger partial charge is 0.352 e. The first-order valence-electron chi connectivity index (χ1n) is 11.4. The summed E-state index contributed by atoms with van der Waals surface area (Å²) in [6.45, 7) is 1.94. The number of carboxylic acid groups (broad SMARTS) is 1. The van der Waals surface area contributed by atoms with Crippen LogP contribution in [-0.4, -0.2) is 72.3 Å². The van der Waals surface area contributed by atoms with Gasteiger partial charge in [-0.2, -0.15) is 4.57 Å². The number of aromatic nitrogens is 3. The van der Waals surface area contributed by atoms with Gasteiger partial charge in [0, 0.05) is 16.7 Å². The van der Waals surface area contributed by atoms with Gasteiger partial charge in [-0.05, 0) is 19.1 Å². The van der Waals surface area contributed by atoms with Crippen LogP contribution < -0.4 is 15.6 Å². The number of nitrogens with two attached hydrogens (primary N) is 1. The number of carbonyl (C=O) groups is 3. The van der Waals surface area contributed by atoms with Crippen LogP contribution in [0.3, 0.4) is 0 Å². The van der Waals surface area contributed by atoms with Gasteiger partial charge in [-0.15, -0.1) is 23.1 Å². The number of anilines is 1. The summed E-state index contributed by atoms with van der Waals surface area (Å²) in [5.74, 6) is -2.09. The number of aliphatic hydroxyl groups excluding tert-OH is 1. The van der Waals surface area contributed by atoms with Crippen molar-refractivity contribution in [3.63, 3.8) is 0 Å². The molecular weight excluding hydrogens is 534 g/mol. The Kier molecular flexibility index (Phi) is 6.81. The molecule has 0 bridgehead atoms. The van der Waals surface area contributed by atoms with Crippen LogP contribution in [0.5, 0.6) is 0 Å². The quantitative estimate of drug-likeness (QED) is 0.129. The van der Waals surface area contributed by atoms with E-state index >= 15 is 0 Å². The molecule has 3 atom stereocenters. The normalized spacial score (nSPS) is 20.2. The Morgan fingerprint density at radius 1 is 1.42 bits per heavy atom. The van der Waals surface area contributed by atoms with Crippen molar-refractivity contribution in [3.8, 4) is 0 Å². The second kappa shape index (κ2) is 10.1. The summed E-state index contributed by atoms with van der Waals surface area (Å²) >= 11 is 2.49. The Hall–Kier alpha value is -3.95. The zero-order valence-electron chi connectivity index (χ0n) is 20.3. The van der Waals surface area contributed by atoms with E-state index in [0.717, 1.165) is 22.5 Å². The number of aliphatic hydroxyl groups is 1. The number of fused-ring (bicyclic) bond motifs is 2. The number of hydrogen-bond acceptors (Lipinski definition) is 10. The van der Waals surface area contributed by atoms with Crippen molar-refractivity contribution in [1.29, 1.82) is 0 Å². The van der Waals surface area contributed by atoms with Crippen LogP contribution in [0.1, 0.15) is 24.4 Å². The molecule has 3 aromatic heterocycles. The number of oxime groups is 1. The SMILES string of the molecule is CON=C(C(=O)N[C@@H]1C(=O)N2C(C(=O)O)=C(C[n+]3ccn4c(C(C)O)ccc4c3)CS[C@@H]12)c1csc(N)n1. The Balaban J connectivity index is 1.35. The summed E-state index contributed by atoms with van der Waals surface area (Å²) in [4.78, 5) is 48.2. The van der Waals surface area contributed by atoms with Crippen LogP contribution in [0.4, 0.5) is 5.13 Å². The maximum atomic E-state index is 13.1. The number of hydrogen-bond donors (Lipinski definition) is 4. The van der Waals surface area contributed by atoms with Crippen molar-refractivity contribution in [2.24, 2.45) is 5.16 Å². The van der Waals surface area contributed by atoms with Crippen molar-refractivity contribution >= 4 is 57.2 Å². The predicted molar refractivity (Wildman–Crippen MR) is 138 cm³/mol. The molecule has 2 aliphatic rings. The van der Waals surface area contributed by atoms with Gasteiger partial charge in [0.2, 0.25) is 0 Å². The monoisotopic (exact) mass is 558 g/mol. The van der Waals surface area contributed by atoms with Gasteiger partial charge in [-0.25, -0.2) is 9.78 Å². The highest BCUT2D eigenvalue weighted by Crippen LogP contribution is 2.40. The van der Waals surface area contributed by atoms with Gasteiger partial charge in [0.1, 0.15) is 35.4 Å². The molecule has 0 aromatic carbocycles. The minimum Gasteiger partial charge on any atom is -0.477 e. The molecule has 2 aliphatic heterocycles. The highest BCUT2D eigenvalue weighted by molar-refractivity contribution is 8.00. The maximum Gasteiger partial charge on any atom is 0.352 e. The average Bonchev–Trinajstić information content (AvgIpc) is 3.51. The van der Waals surface area contributed by atoms with Crippen LogP contribution >= 0.6 is 23.1 Å². The number of thioether (sulfide) groups is 1. The molecule has 1 saturated heterocycles. The predicted octanol–water partition coefficient (Wildman–Crippen LogP) is 0.108. The lowest BCUT2D eigenvalue weighted by atomic mass is 10.0. The lowest BCUT2D eigenvalue weighted by Gasteiger charge is -2.49. The van der Waals surface area contributed by atoms with Gasteiger partial charge in [0.05, 0.1) is 18.0 Å². The van der Waals surface area contributed by atoms with Gasteiger partial charge >= 0.3 is 5.97 Å². The van der Waals surface area contributed by atoms with E-state index in [2.05, 4.69) is 15.5 Å². The summed E-state index contributed by atoms with van der Waals surface area (Å²) in [7, 11) is 1.28. The molecule has 2 amide bonds. The van der Waals surface area contributed by atoms with Gasteiger partial charge in [0.25, 0.3) is 11.8 Å². The fraction of sp³-hybridized carbons (Fsp3) is 0.304. The number of aliphatic carboxylic acids is 1. The largest absolute Gasteiger partial charge is 0.477 e. The van der Waals surface area contributed by atoms with Gasteiger partial charge in [-0.1, -0.05) is 5.16 Å². The van der Waals surface area contributed by atoms with E-state index in [1.54, 1.807) is 24.7 Å². The molecule has 15 heteroatoms. The topological polar surface area (TPSA) is 176 Å². The minimum atomic E-state index is -1.22. The minimum absolute atomic E-state index is 0.0882. The van der Waals surface area contributed by atoms with E-state index in [4.69, 9.17) is 10.6 Å². The summed E-state index contributed by atoms with van der Waals surface area (Å²) < 4.78 is 3.68. The van der Waals surface area contributed by atoms with E-state index < -0.39 is 35.3 Å². The van der Waals surface area contributed by atoms with E-state index in [1.807, 2.05) is 27.3 Å². The van der Waals surface area contributed by atoms with Crippen LogP contribution in [0.2, 0.25) is 0 Å². The van der Waals surface area contributed by atoms with Crippen LogP contribution in [-0.2, 0) is 25.8 Å². The number of nitrogen functional groups attached to an aromatic ring is 1. The molecule has 3 aromatic rings. The van der Waals surface area contributed by atoms with Crippen molar-refractivity contribution in [2.45, 2.75) is 31.0 Å². The van der Waals surface area contributed by atoms with Crippen molar-refractivity contribution in [3.05, 3.63) is 58.8 Å². The Morgan fingerprint density at radius 2 is 2.21 bits per heavy atom. The van der Waals surface area contributed by atoms with E-state index in [-0.39, 0.29) is 28.8 Å². The first-order chi connectivity index (χ1) is 18.2. The zero-order valence-corrected chi connectivity index (χ0v) is 21.9. The van der Waals surface area contributed by atoms with E-state index in [9.17, 15) is 24.6 Å². The fourth-order valence-electron chi connectivity index (χ4n) is 4.49. The van der Waals surface area contributed by atoms with Gasteiger partial charge in [-0.3, -0.25) is 14.5 Å². The lowest BCUT2D eigenvalue weighted by Crippen LogP contribution is -2.71. The third kappa shape index (κ3) is 4.48. The Morgan fingerprint density at radius 3 is 2.87 bits per heavy atom. The second-order valence-corrected chi connectivity index (χ2v) is 10.6. The summed E-state index contributed by atoms with van der Waals surface area (Å²) in [6, 6.07) is 2.75. The number of rotatable bonds is 8. The summed E-state index contributed by atoms with van der Waals surface area (Å²) in [5, 5.41) is 27.5. The van der Waals surface area contributed by atoms with E-state index in [0.29, 0.717) is 11.3 Å². The van der Waals surface area contributed by atoms with Crippen LogP contribution in [0.25, 0.3) is 5.52 Å². The molecule has 5 heterocycles. The molecule has 1 fully saturated rings. The number of β-lactam (4-membered cyclic amide) rings is 1. The fourth-order valence-corrected chi connectivity index (χ4v) is 6.37. The first-order valence-corrected chi connectivity index (χ1v) is 13.3. The molecule has 0 radical (unpaired) electrons. The standard InChI is InChI=1S/C23H23N7O6S2/c1-11(31)15-4-3-13-8-28(5-6-29(13)15)7-12-9-37-21-17(20(33)30(21)18(12)22(34)35)26-19(32)16(27-36-2)14-10-38-23(24)25-14/h3-6,8,10-11,17,21,31H,7,9H2,1-2H3,(H3-,24,25,26,32,34,35)/p+1/t11?,17-,21+/m1/s1. The third-order valence-corrected chi connectivity index (χ3v) is 8.20. The molecule has 5 N–H and O–H groups in total. The average molecular weight is 559 g/mol.